The van der Waals surface area contributed by atoms with Crippen molar-refractivity contribution in [3.05, 3.63) is 28.7 Å². The molecule has 7 heteroatoms. The molecule has 1 N–H and O–H groups in total. The molecule has 0 aliphatic carbocycles. The first kappa shape index (κ1) is 20.5. The molecule has 23 heavy (non-hydrogen) atoms. The van der Waals surface area contributed by atoms with Gasteiger partial charge in [-0.1, -0.05) is 42.8 Å². The number of nitrogens with one attached hydrogen (secondary N) is 1. The lowest BCUT2D eigenvalue weighted by Gasteiger charge is -2.38. The van der Waals surface area contributed by atoms with E-state index < -0.39 is 19.3 Å². The lowest BCUT2D eigenvalue weighted by atomic mass is 10.2. The molecule has 0 unspecified atom stereocenters. The van der Waals surface area contributed by atoms with Crippen molar-refractivity contribution < 1.29 is 13.4 Å². The lowest BCUT2D eigenvalue weighted by molar-refractivity contribution is -0.120. The maximum Gasteiger partial charge on any atom is 0.234 e. The Morgan fingerprint density at radius 1 is 1.39 bits per heavy atom. The minimum absolute atomic E-state index is 0.0941. The van der Waals surface area contributed by atoms with Gasteiger partial charge in [-0.05, 0) is 43.3 Å². The number of halogens is 1. The molecule has 1 aromatic carbocycles. The van der Waals surface area contributed by atoms with Crippen molar-refractivity contribution >= 4 is 41.1 Å². The number of amides is 1. The highest BCUT2D eigenvalue weighted by atomic mass is 79.9. The van der Waals surface area contributed by atoms with E-state index in [2.05, 4.69) is 54.5 Å². The smallest absolute Gasteiger partial charge is 0.234 e. The van der Waals surface area contributed by atoms with Gasteiger partial charge in [0.2, 0.25) is 5.91 Å². The Labute approximate surface area is 151 Å². The Bertz CT molecular complexity index is 587. The summed E-state index contributed by atoms with van der Waals surface area (Å²) < 4.78 is 21.7. The van der Waals surface area contributed by atoms with Crippen LogP contribution in [-0.2, 0) is 20.2 Å². The van der Waals surface area contributed by atoms with Crippen LogP contribution in [0.3, 0.4) is 0 Å². The van der Waals surface area contributed by atoms with Crippen LogP contribution in [0.1, 0.15) is 34.1 Å². The number of carbonyl (C=O) groups excluding carboxylic acids is 1. The average Bonchev–Trinajstić information content (AvgIpc) is 2.35. The van der Waals surface area contributed by atoms with E-state index in [1.54, 1.807) is 18.2 Å². The molecule has 0 bridgehead atoms. The molecular weight excluding hydrogens is 394 g/mol. The van der Waals surface area contributed by atoms with Crippen LogP contribution in [0.15, 0.2) is 33.6 Å². The third-order valence-electron chi connectivity index (χ3n) is 3.99. The normalized spacial score (nSPS) is 15.1. The van der Waals surface area contributed by atoms with Gasteiger partial charge in [0.15, 0.2) is 19.3 Å². The standard InChI is InChI=1S/C16H26BrNO3SSi/c1-12(21-23(5,6)16(2,3)4)10-15(19)18-22(20)14-9-7-8-13(17)11-14/h7-9,11-12H,10H2,1-6H3,(H,18,19)/t12-,22-/m0/s1. The van der Waals surface area contributed by atoms with Gasteiger partial charge in [-0.15, -0.1) is 0 Å². The quantitative estimate of drug-likeness (QED) is 0.695. The van der Waals surface area contributed by atoms with E-state index in [1.165, 1.54) is 0 Å². The van der Waals surface area contributed by atoms with Gasteiger partial charge in [-0.3, -0.25) is 9.52 Å². The number of hydrogen-bond donors (Lipinski definition) is 1. The third-order valence-corrected chi connectivity index (χ3v) is 10.2. The number of rotatable bonds is 6. The zero-order valence-corrected chi connectivity index (χ0v) is 18.0. The Hall–Kier alpha value is -0.503. The van der Waals surface area contributed by atoms with Crippen molar-refractivity contribution in [2.24, 2.45) is 0 Å². The van der Waals surface area contributed by atoms with Gasteiger partial charge in [-0.2, -0.15) is 0 Å². The molecule has 0 radical (unpaired) electrons. The Morgan fingerprint density at radius 2 is 2.00 bits per heavy atom. The predicted molar refractivity (Wildman–Crippen MR) is 101 cm³/mol. The van der Waals surface area contributed by atoms with Crippen LogP contribution in [0.25, 0.3) is 0 Å². The second kappa shape index (κ2) is 8.05. The Kier molecular flexibility index (Phi) is 7.19. The molecular formula is C16H26BrNO3SSi. The maximum atomic E-state index is 12.2. The van der Waals surface area contributed by atoms with Gasteiger partial charge in [-0.25, -0.2) is 4.21 Å². The number of hydrogen-bond acceptors (Lipinski definition) is 3. The van der Waals surface area contributed by atoms with Crippen molar-refractivity contribution in [1.82, 2.24) is 4.72 Å². The minimum atomic E-state index is -1.91. The fourth-order valence-corrected chi connectivity index (χ4v) is 4.61. The van der Waals surface area contributed by atoms with Gasteiger partial charge in [0.25, 0.3) is 0 Å². The Morgan fingerprint density at radius 3 is 2.52 bits per heavy atom. The van der Waals surface area contributed by atoms with E-state index in [0.29, 0.717) is 4.90 Å². The van der Waals surface area contributed by atoms with Crippen LogP contribution in [0.5, 0.6) is 0 Å². The summed E-state index contributed by atoms with van der Waals surface area (Å²) >= 11 is 3.33. The van der Waals surface area contributed by atoms with E-state index in [0.717, 1.165) is 4.47 Å². The van der Waals surface area contributed by atoms with Gasteiger partial charge < -0.3 is 4.43 Å². The van der Waals surface area contributed by atoms with Crippen LogP contribution in [0.4, 0.5) is 0 Å². The van der Waals surface area contributed by atoms with Gasteiger partial charge in [0.1, 0.15) is 0 Å². The largest absolute Gasteiger partial charge is 0.414 e. The highest BCUT2D eigenvalue weighted by molar-refractivity contribution is 9.10. The van der Waals surface area contributed by atoms with Crippen LogP contribution in [0, 0.1) is 0 Å². The molecule has 0 aliphatic heterocycles. The first-order chi connectivity index (χ1) is 10.4. The van der Waals surface area contributed by atoms with Crippen molar-refractivity contribution in [3.8, 4) is 0 Å². The molecule has 130 valence electrons. The molecule has 0 spiro atoms. The summed E-state index contributed by atoms with van der Waals surface area (Å²) in [6.45, 7) is 12.7. The number of carbonyl (C=O) groups is 1. The van der Waals surface area contributed by atoms with Crippen LogP contribution < -0.4 is 4.72 Å². The summed E-state index contributed by atoms with van der Waals surface area (Å²) in [7, 11) is -3.46. The topological polar surface area (TPSA) is 55.4 Å². The maximum absolute atomic E-state index is 12.2. The lowest BCUT2D eigenvalue weighted by Crippen LogP contribution is -2.44. The summed E-state index contributed by atoms with van der Waals surface area (Å²) in [5.74, 6) is -0.269. The van der Waals surface area contributed by atoms with Crippen molar-refractivity contribution in [2.75, 3.05) is 0 Å². The second-order valence-electron chi connectivity index (χ2n) is 7.14. The van der Waals surface area contributed by atoms with Gasteiger partial charge in [0, 0.05) is 4.47 Å². The molecule has 2 atom stereocenters. The van der Waals surface area contributed by atoms with Crippen molar-refractivity contribution in [1.29, 1.82) is 0 Å². The monoisotopic (exact) mass is 419 g/mol. The first-order valence-electron chi connectivity index (χ1n) is 7.57. The zero-order valence-electron chi connectivity index (χ0n) is 14.6. The highest BCUT2D eigenvalue weighted by Gasteiger charge is 2.38. The van der Waals surface area contributed by atoms with E-state index in [4.69, 9.17) is 4.43 Å². The number of benzene rings is 1. The summed E-state index contributed by atoms with van der Waals surface area (Å²) in [6.07, 6.45) is 0.00195. The van der Waals surface area contributed by atoms with E-state index >= 15 is 0 Å². The molecule has 0 heterocycles. The first-order valence-corrected chi connectivity index (χ1v) is 12.4. The van der Waals surface area contributed by atoms with Crippen LogP contribution in [-0.4, -0.2) is 24.5 Å². The molecule has 1 aromatic rings. The van der Waals surface area contributed by atoms with Gasteiger partial charge >= 0.3 is 0 Å². The molecule has 0 saturated heterocycles. The predicted octanol–water partition coefficient (Wildman–Crippen LogP) is 4.39. The van der Waals surface area contributed by atoms with Crippen molar-refractivity contribution in [3.63, 3.8) is 0 Å². The van der Waals surface area contributed by atoms with E-state index in [1.807, 2.05) is 13.0 Å². The molecule has 0 aliphatic rings. The van der Waals surface area contributed by atoms with E-state index in [9.17, 15) is 9.00 Å². The second-order valence-corrected chi connectivity index (χ2v) is 14.0. The summed E-state index contributed by atoms with van der Waals surface area (Å²) in [5.41, 5.74) is 0. The molecule has 4 nitrogen and oxygen atoms in total. The van der Waals surface area contributed by atoms with Crippen LogP contribution >= 0.6 is 15.9 Å². The average molecular weight is 420 g/mol. The fraction of sp³-hybridized carbons (Fsp3) is 0.562. The minimum Gasteiger partial charge on any atom is -0.414 e. The molecule has 0 saturated carbocycles. The molecule has 1 rings (SSSR count). The summed E-state index contributed by atoms with van der Waals surface area (Å²) in [6, 6.07) is 7.08. The highest BCUT2D eigenvalue weighted by Crippen LogP contribution is 2.37. The molecule has 1 amide bonds. The van der Waals surface area contributed by atoms with Gasteiger partial charge in [0.05, 0.1) is 17.4 Å². The Balaban J connectivity index is 2.58. The SMILES string of the molecule is C[C@@H](CC(=O)N[S@@](=O)c1cccc(Br)c1)O[Si](C)(C)C(C)(C)C. The van der Waals surface area contributed by atoms with Crippen molar-refractivity contribution in [2.45, 2.75) is 63.2 Å². The van der Waals surface area contributed by atoms with E-state index in [-0.39, 0.29) is 23.5 Å². The summed E-state index contributed by atoms with van der Waals surface area (Å²) in [5, 5.41) is 0.0941. The zero-order chi connectivity index (χ0) is 17.8. The third kappa shape index (κ3) is 6.49. The summed E-state index contributed by atoms with van der Waals surface area (Å²) in [4.78, 5) is 12.6. The molecule has 0 fully saturated rings. The van der Waals surface area contributed by atoms with Crippen LogP contribution in [0.2, 0.25) is 18.1 Å². The fourth-order valence-electron chi connectivity index (χ4n) is 1.77. The molecule has 0 aromatic heterocycles.